The summed E-state index contributed by atoms with van der Waals surface area (Å²) in [6.45, 7) is 3.39. The van der Waals surface area contributed by atoms with E-state index in [1.807, 2.05) is 42.5 Å². The first-order valence-corrected chi connectivity index (χ1v) is 10.7. The Morgan fingerprint density at radius 1 is 1.12 bits per heavy atom. The third-order valence-corrected chi connectivity index (χ3v) is 6.13. The number of carbonyl (C=O) groups is 2. The van der Waals surface area contributed by atoms with Gasteiger partial charge in [-0.3, -0.25) is 14.6 Å². The number of anilines is 1. The van der Waals surface area contributed by atoms with Gasteiger partial charge in [0, 0.05) is 36.2 Å². The average molecular weight is 454 g/mol. The lowest BCUT2D eigenvalue weighted by Crippen LogP contribution is -2.39. The molecule has 2 N–H and O–H groups in total. The molecule has 0 radical (unpaired) electrons. The number of fused-ring (bicyclic) bond motifs is 1. The number of hydrogen-bond donors (Lipinski definition) is 1. The largest absolute Gasteiger partial charge is 0.497 e. The van der Waals surface area contributed by atoms with E-state index in [1.165, 1.54) is 5.56 Å². The second-order valence-corrected chi connectivity index (χ2v) is 7.95. The highest BCUT2D eigenvalue weighted by Crippen LogP contribution is 2.35. The molecule has 0 atom stereocenters. The van der Waals surface area contributed by atoms with Crippen molar-refractivity contribution in [1.82, 2.24) is 4.98 Å². The molecule has 0 aliphatic carbocycles. The van der Waals surface area contributed by atoms with E-state index in [0.29, 0.717) is 42.8 Å². The molecule has 6 nitrogen and oxygen atoms in total. The Labute approximate surface area is 194 Å². The van der Waals surface area contributed by atoms with Crippen molar-refractivity contribution in [2.45, 2.75) is 26.2 Å². The van der Waals surface area contributed by atoms with Crippen LogP contribution < -0.4 is 15.4 Å². The first-order chi connectivity index (χ1) is 15.0. The van der Waals surface area contributed by atoms with Gasteiger partial charge < -0.3 is 15.4 Å². The number of nitrogens with two attached hydrogens (primary N) is 1. The van der Waals surface area contributed by atoms with Crippen molar-refractivity contribution < 1.29 is 14.3 Å². The summed E-state index contributed by atoms with van der Waals surface area (Å²) in [7, 11) is 1.62. The fraction of sp³-hybridized carbons (Fsp3) is 0.320. The number of aryl methyl sites for hydroxylation is 1. The summed E-state index contributed by atoms with van der Waals surface area (Å²) in [6, 6.07) is 13.4. The van der Waals surface area contributed by atoms with Gasteiger partial charge in [0.2, 0.25) is 5.91 Å². The Morgan fingerprint density at radius 2 is 1.81 bits per heavy atom. The van der Waals surface area contributed by atoms with Gasteiger partial charge in [-0.25, -0.2) is 0 Å². The molecule has 1 aliphatic rings. The second kappa shape index (κ2) is 10.0. The van der Waals surface area contributed by atoms with Crippen LogP contribution in [-0.4, -0.2) is 36.9 Å². The minimum atomic E-state index is -0.256. The molecule has 1 saturated heterocycles. The van der Waals surface area contributed by atoms with Gasteiger partial charge in [0.1, 0.15) is 5.75 Å². The molecule has 3 aromatic rings. The smallest absolute Gasteiger partial charge is 0.220 e. The Balaban J connectivity index is 0.00000289. The Bertz CT molecular complexity index is 1120. The molecule has 32 heavy (non-hydrogen) atoms. The molecular formula is C25H28ClN3O3. The maximum Gasteiger partial charge on any atom is 0.220 e. The number of benzene rings is 2. The molecule has 168 valence electrons. The summed E-state index contributed by atoms with van der Waals surface area (Å²) >= 11 is 0. The Kier molecular flexibility index (Phi) is 7.36. The molecule has 1 fully saturated rings. The van der Waals surface area contributed by atoms with Gasteiger partial charge in [-0.1, -0.05) is 31.2 Å². The van der Waals surface area contributed by atoms with Gasteiger partial charge in [-0.05, 0) is 43.0 Å². The maximum absolute atomic E-state index is 13.5. The maximum atomic E-state index is 13.5. The van der Waals surface area contributed by atoms with E-state index in [4.69, 9.17) is 10.5 Å². The quantitative estimate of drug-likeness (QED) is 0.566. The SMILES string of the molecule is CCc1ccc(C(=O)c2cnc3ccc(OC)cc3c2N2CCC(C(N)=O)CC2)cc1.Cl. The van der Waals surface area contributed by atoms with E-state index in [2.05, 4.69) is 16.8 Å². The van der Waals surface area contributed by atoms with Gasteiger partial charge in [0.05, 0.1) is 23.9 Å². The van der Waals surface area contributed by atoms with Gasteiger partial charge in [0.15, 0.2) is 5.78 Å². The third-order valence-electron chi connectivity index (χ3n) is 6.13. The van der Waals surface area contributed by atoms with Crippen LogP contribution in [-0.2, 0) is 11.2 Å². The zero-order valence-corrected chi connectivity index (χ0v) is 19.2. The van der Waals surface area contributed by atoms with Crippen LogP contribution >= 0.6 is 12.4 Å². The van der Waals surface area contributed by atoms with Crippen molar-refractivity contribution in [3.63, 3.8) is 0 Å². The Morgan fingerprint density at radius 3 is 2.41 bits per heavy atom. The summed E-state index contributed by atoms with van der Waals surface area (Å²) in [4.78, 5) is 31.9. The predicted molar refractivity (Wildman–Crippen MR) is 129 cm³/mol. The van der Waals surface area contributed by atoms with Gasteiger partial charge >= 0.3 is 0 Å². The first-order valence-electron chi connectivity index (χ1n) is 10.7. The van der Waals surface area contributed by atoms with Crippen LogP contribution in [0.1, 0.15) is 41.3 Å². The van der Waals surface area contributed by atoms with Crippen molar-refractivity contribution in [2.24, 2.45) is 11.7 Å². The number of carbonyl (C=O) groups excluding carboxylic acids is 2. The Hall–Kier alpha value is -3.12. The molecule has 2 heterocycles. The fourth-order valence-electron chi connectivity index (χ4n) is 4.23. The number of rotatable bonds is 6. The number of halogens is 1. The number of ketones is 1. The van der Waals surface area contributed by atoms with E-state index in [9.17, 15) is 9.59 Å². The highest BCUT2D eigenvalue weighted by Gasteiger charge is 2.28. The number of methoxy groups -OCH3 is 1. The van der Waals surface area contributed by atoms with Crippen molar-refractivity contribution >= 4 is 40.7 Å². The zero-order valence-electron chi connectivity index (χ0n) is 18.3. The first kappa shape index (κ1) is 23.5. The number of piperidine rings is 1. The van der Waals surface area contributed by atoms with Gasteiger partial charge in [-0.2, -0.15) is 0 Å². The van der Waals surface area contributed by atoms with Crippen LogP contribution in [0, 0.1) is 5.92 Å². The summed E-state index contributed by atoms with van der Waals surface area (Å²) in [5.41, 5.74) is 9.54. The molecule has 4 rings (SSSR count). The van der Waals surface area contributed by atoms with Gasteiger partial charge in [-0.15, -0.1) is 12.4 Å². The van der Waals surface area contributed by atoms with Gasteiger partial charge in [0.25, 0.3) is 0 Å². The highest BCUT2D eigenvalue weighted by molar-refractivity contribution is 6.16. The molecular weight excluding hydrogens is 426 g/mol. The number of hydrogen-bond acceptors (Lipinski definition) is 5. The number of ether oxygens (including phenoxy) is 1. The highest BCUT2D eigenvalue weighted by atomic mass is 35.5. The molecule has 7 heteroatoms. The molecule has 0 spiro atoms. The second-order valence-electron chi connectivity index (χ2n) is 7.95. The molecule has 2 aromatic carbocycles. The van der Waals surface area contributed by atoms with E-state index >= 15 is 0 Å². The summed E-state index contributed by atoms with van der Waals surface area (Å²) in [5, 5.41) is 0.868. The average Bonchev–Trinajstić information content (AvgIpc) is 2.82. The van der Waals surface area contributed by atoms with E-state index < -0.39 is 0 Å². The monoisotopic (exact) mass is 453 g/mol. The normalized spacial score (nSPS) is 14.1. The summed E-state index contributed by atoms with van der Waals surface area (Å²) < 4.78 is 5.43. The lowest BCUT2D eigenvalue weighted by atomic mass is 9.93. The third kappa shape index (κ3) is 4.55. The minimum absolute atomic E-state index is 0. The molecule has 1 aromatic heterocycles. The van der Waals surface area contributed by atoms with Crippen molar-refractivity contribution in [1.29, 1.82) is 0 Å². The van der Waals surface area contributed by atoms with Crippen molar-refractivity contribution in [2.75, 3.05) is 25.1 Å². The predicted octanol–water partition coefficient (Wildman–Crippen LogP) is 4.16. The van der Waals surface area contributed by atoms with Crippen LogP contribution in [0.4, 0.5) is 5.69 Å². The molecule has 1 aliphatic heterocycles. The topological polar surface area (TPSA) is 85.5 Å². The fourth-order valence-corrected chi connectivity index (χ4v) is 4.23. The number of nitrogens with zero attached hydrogens (tertiary/aromatic N) is 2. The van der Waals surface area contributed by atoms with E-state index in [-0.39, 0.29) is 30.0 Å². The van der Waals surface area contributed by atoms with Crippen molar-refractivity contribution in [3.8, 4) is 5.75 Å². The molecule has 0 saturated carbocycles. The number of amides is 1. The number of pyridine rings is 1. The summed E-state index contributed by atoms with van der Waals surface area (Å²) in [5.74, 6) is 0.263. The standard InChI is InChI=1S/C25H27N3O3.ClH/c1-3-16-4-6-17(7-5-16)24(29)21-15-27-22-9-8-19(31-2)14-20(22)23(21)28-12-10-18(11-13-28)25(26)30;/h4-9,14-15,18H,3,10-13H2,1-2H3,(H2,26,30);1H. The van der Waals surface area contributed by atoms with Crippen LogP contribution in [0.15, 0.2) is 48.7 Å². The van der Waals surface area contributed by atoms with Crippen LogP contribution in [0.2, 0.25) is 0 Å². The molecule has 0 unspecified atom stereocenters. The molecule has 1 amide bonds. The van der Waals surface area contributed by atoms with Crippen LogP contribution in [0.3, 0.4) is 0 Å². The molecule has 0 bridgehead atoms. The number of primary amides is 1. The lowest BCUT2D eigenvalue weighted by molar-refractivity contribution is -0.122. The van der Waals surface area contributed by atoms with Crippen molar-refractivity contribution in [3.05, 3.63) is 65.4 Å². The minimum Gasteiger partial charge on any atom is -0.497 e. The van der Waals surface area contributed by atoms with E-state index in [1.54, 1.807) is 13.3 Å². The van der Waals surface area contributed by atoms with Crippen LogP contribution in [0.5, 0.6) is 5.75 Å². The van der Waals surface area contributed by atoms with Crippen LogP contribution in [0.25, 0.3) is 10.9 Å². The lowest BCUT2D eigenvalue weighted by Gasteiger charge is -2.34. The summed E-state index contributed by atoms with van der Waals surface area (Å²) in [6.07, 6.45) is 3.93. The zero-order chi connectivity index (χ0) is 22.0. The number of aromatic nitrogens is 1. The van der Waals surface area contributed by atoms with E-state index in [0.717, 1.165) is 23.0 Å².